The van der Waals surface area contributed by atoms with E-state index in [-0.39, 0.29) is 11.5 Å². The lowest BCUT2D eigenvalue weighted by molar-refractivity contribution is -0.0226. The fraction of sp³-hybridized carbons (Fsp3) is 0.556. The molecule has 2 fully saturated rings. The molecular weight excluding hydrogens is 356 g/mol. The van der Waals surface area contributed by atoms with Gasteiger partial charge in [-0.3, -0.25) is 0 Å². The first-order valence-electron chi connectivity index (χ1n) is 11.6. The molecule has 2 heteroatoms. The number of ether oxygens (including phenoxy) is 1. The summed E-state index contributed by atoms with van der Waals surface area (Å²) in [6, 6.07) is 15.3. The van der Waals surface area contributed by atoms with Gasteiger partial charge in [0.1, 0.15) is 12.4 Å². The first-order valence-corrected chi connectivity index (χ1v) is 11.6. The summed E-state index contributed by atoms with van der Waals surface area (Å²) in [4.78, 5) is 0. The molecule has 0 bridgehead atoms. The van der Waals surface area contributed by atoms with Crippen molar-refractivity contribution in [3.8, 4) is 5.75 Å². The summed E-state index contributed by atoms with van der Waals surface area (Å²) < 4.78 is 6.28. The van der Waals surface area contributed by atoms with Crippen LogP contribution in [0.4, 0.5) is 0 Å². The highest BCUT2D eigenvalue weighted by molar-refractivity contribution is 5.46. The van der Waals surface area contributed by atoms with E-state index in [1.165, 1.54) is 42.4 Å². The Morgan fingerprint density at radius 2 is 1.90 bits per heavy atom. The summed E-state index contributed by atoms with van der Waals surface area (Å²) in [5, 5.41) is 10.6. The summed E-state index contributed by atoms with van der Waals surface area (Å²) in [5.74, 6) is 3.20. The number of fused-ring (bicyclic) bond motifs is 5. The molecule has 0 aromatic heterocycles. The van der Waals surface area contributed by atoms with Gasteiger partial charge in [-0.25, -0.2) is 0 Å². The maximum absolute atomic E-state index is 10.6. The van der Waals surface area contributed by atoms with E-state index in [0.29, 0.717) is 18.4 Å². The molecule has 0 heterocycles. The molecule has 2 saturated carbocycles. The summed E-state index contributed by atoms with van der Waals surface area (Å²) in [5.41, 5.74) is 5.83. The van der Waals surface area contributed by atoms with Crippen LogP contribution in [0.1, 0.15) is 74.1 Å². The summed E-state index contributed by atoms with van der Waals surface area (Å²) in [6.07, 6.45) is 7.97. The van der Waals surface area contributed by atoms with Crippen LogP contribution in [-0.2, 0) is 19.4 Å². The zero-order valence-corrected chi connectivity index (χ0v) is 17.9. The lowest BCUT2D eigenvalue weighted by Gasteiger charge is -2.50. The van der Waals surface area contributed by atoms with E-state index in [9.17, 15) is 5.11 Å². The molecule has 0 spiro atoms. The van der Waals surface area contributed by atoms with Gasteiger partial charge in [-0.15, -0.1) is 0 Å². The van der Waals surface area contributed by atoms with E-state index < -0.39 is 0 Å². The zero-order chi connectivity index (χ0) is 20.0. The number of aryl methyl sites for hydroxylation is 2. The quantitative estimate of drug-likeness (QED) is 0.689. The second-order valence-electron chi connectivity index (χ2n) is 9.84. The standard InChI is InChI=1S/C27H34O2/c1-3-19-15-23-20(16-25(19)29-17-18-7-5-4-6-8-18)9-10-22-21(23)13-14-27(2)24(22)11-12-26(27)28/h4-8,15-16,21-22,24,26,28H,3,9-14,17H2,1-2H3/t21-,22+,24-,26+,27-/m0/s1. The maximum atomic E-state index is 10.6. The normalized spacial score (nSPS) is 32.9. The Labute approximate surface area is 175 Å². The molecule has 0 saturated heterocycles. The van der Waals surface area contributed by atoms with Gasteiger partial charge in [0.25, 0.3) is 0 Å². The Kier molecular flexibility index (Phi) is 4.94. The van der Waals surface area contributed by atoms with Gasteiger partial charge < -0.3 is 9.84 Å². The lowest BCUT2D eigenvalue weighted by Crippen LogP contribution is -2.43. The fourth-order valence-electron chi connectivity index (χ4n) is 6.76. The molecule has 0 unspecified atom stereocenters. The van der Waals surface area contributed by atoms with Gasteiger partial charge in [0.05, 0.1) is 6.10 Å². The van der Waals surface area contributed by atoms with Crippen molar-refractivity contribution in [2.75, 3.05) is 0 Å². The molecule has 2 nitrogen and oxygen atoms in total. The van der Waals surface area contributed by atoms with E-state index in [1.54, 1.807) is 5.56 Å². The topological polar surface area (TPSA) is 29.5 Å². The van der Waals surface area contributed by atoms with E-state index in [1.807, 2.05) is 0 Å². The van der Waals surface area contributed by atoms with Crippen LogP contribution in [0, 0.1) is 17.3 Å². The number of benzene rings is 2. The largest absolute Gasteiger partial charge is 0.489 e. The Bertz CT molecular complexity index is 874. The van der Waals surface area contributed by atoms with Crippen LogP contribution in [0.3, 0.4) is 0 Å². The molecule has 0 amide bonds. The zero-order valence-electron chi connectivity index (χ0n) is 17.9. The average Bonchev–Trinajstić information content (AvgIpc) is 3.06. The molecule has 3 aliphatic rings. The second kappa shape index (κ2) is 7.47. The molecule has 0 radical (unpaired) electrons. The Balaban J connectivity index is 1.41. The second-order valence-corrected chi connectivity index (χ2v) is 9.84. The van der Waals surface area contributed by atoms with Crippen LogP contribution in [0.25, 0.3) is 0 Å². The predicted octanol–water partition coefficient (Wildman–Crippen LogP) is 6.05. The fourth-order valence-corrected chi connectivity index (χ4v) is 6.76. The van der Waals surface area contributed by atoms with Crippen LogP contribution >= 0.6 is 0 Å². The molecule has 154 valence electrons. The Hall–Kier alpha value is -1.80. The van der Waals surface area contributed by atoms with Gasteiger partial charge >= 0.3 is 0 Å². The monoisotopic (exact) mass is 390 g/mol. The SMILES string of the molecule is CCc1cc2c(cc1OCc1ccccc1)CC[C@@H]1[C@@H]2CC[C@]2(C)[C@H](O)CC[C@@H]12. The highest BCUT2D eigenvalue weighted by Gasteiger charge is 2.54. The maximum Gasteiger partial charge on any atom is 0.123 e. The smallest absolute Gasteiger partial charge is 0.123 e. The highest BCUT2D eigenvalue weighted by atomic mass is 16.5. The van der Waals surface area contributed by atoms with Crippen molar-refractivity contribution in [2.24, 2.45) is 17.3 Å². The summed E-state index contributed by atoms with van der Waals surface area (Å²) >= 11 is 0. The summed E-state index contributed by atoms with van der Waals surface area (Å²) in [6.45, 7) is 5.23. The van der Waals surface area contributed by atoms with Crippen LogP contribution in [0.5, 0.6) is 5.75 Å². The molecule has 5 atom stereocenters. The van der Waals surface area contributed by atoms with Crippen LogP contribution in [-0.4, -0.2) is 11.2 Å². The molecule has 2 aromatic rings. The minimum absolute atomic E-state index is 0.0881. The van der Waals surface area contributed by atoms with Gasteiger partial charge in [-0.05, 0) is 96.4 Å². The van der Waals surface area contributed by atoms with E-state index >= 15 is 0 Å². The number of aliphatic hydroxyl groups excluding tert-OH is 1. The van der Waals surface area contributed by atoms with Gasteiger partial charge in [-0.2, -0.15) is 0 Å². The Morgan fingerprint density at radius 3 is 2.69 bits per heavy atom. The van der Waals surface area contributed by atoms with Crippen LogP contribution < -0.4 is 4.74 Å². The first-order chi connectivity index (χ1) is 14.1. The molecular formula is C27H34O2. The number of hydrogen-bond donors (Lipinski definition) is 1. The van der Waals surface area contributed by atoms with Crippen molar-refractivity contribution in [2.45, 2.75) is 77.4 Å². The third kappa shape index (κ3) is 3.20. The third-order valence-electron chi connectivity index (χ3n) is 8.47. The van der Waals surface area contributed by atoms with Crippen molar-refractivity contribution < 1.29 is 9.84 Å². The van der Waals surface area contributed by atoms with Crippen molar-refractivity contribution in [1.82, 2.24) is 0 Å². The van der Waals surface area contributed by atoms with Gasteiger partial charge in [0.2, 0.25) is 0 Å². The Morgan fingerprint density at radius 1 is 1.07 bits per heavy atom. The molecule has 29 heavy (non-hydrogen) atoms. The van der Waals surface area contributed by atoms with Gasteiger partial charge in [-0.1, -0.05) is 50.2 Å². The number of hydrogen-bond acceptors (Lipinski definition) is 2. The molecule has 2 aromatic carbocycles. The average molecular weight is 391 g/mol. The van der Waals surface area contributed by atoms with E-state index in [4.69, 9.17) is 4.74 Å². The predicted molar refractivity (Wildman–Crippen MR) is 117 cm³/mol. The van der Waals surface area contributed by atoms with E-state index in [0.717, 1.165) is 30.9 Å². The van der Waals surface area contributed by atoms with E-state index in [2.05, 4.69) is 56.3 Å². The van der Waals surface area contributed by atoms with Gasteiger partial charge in [0.15, 0.2) is 0 Å². The molecule has 0 aliphatic heterocycles. The number of rotatable bonds is 4. The van der Waals surface area contributed by atoms with Gasteiger partial charge in [0, 0.05) is 0 Å². The highest BCUT2D eigenvalue weighted by Crippen LogP contribution is 2.61. The number of aliphatic hydroxyl groups is 1. The van der Waals surface area contributed by atoms with Crippen LogP contribution in [0.2, 0.25) is 0 Å². The van der Waals surface area contributed by atoms with Crippen molar-refractivity contribution in [3.05, 3.63) is 64.7 Å². The molecule has 5 rings (SSSR count). The summed E-state index contributed by atoms with van der Waals surface area (Å²) in [7, 11) is 0. The van der Waals surface area contributed by atoms with Crippen LogP contribution in [0.15, 0.2) is 42.5 Å². The van der Waals surface area contributed by atoms with Crippen molar-refractivity contribution in [3.63, 3.8) is 0 Å². The third-order valence-corrected chi connectivity index (χ3v) is 8.47. The molecule has 1 N–H and O–H groups in total. The first kappa shape index (κ1) is 19.2. The van der Waals surface area contributed by atoms with Crippen molar-refractivity contribution in [1.29, 1.82) is 0 Å². The minimum Gasteiger partial charge on any atom is -0.489 e. The lowest BCUT2D eigenvalue weighted by atomic mass is 9.55. The van der Waals surface area contributed by atoms with Crippen molar-refractivity contribution >= 4 is 0 Å². The molecule has 3 aliphatic carbocycles. The minimum atomic E-state index is -0.0881.